The Bertz CT molecular complexity index is 451. The van der Waals surface area contributed by atoms with E-state index < -0.39 is 11.9 Å². The first-order chi connectivity index (χ1) is 9.69. The van der Waals surface area contributed by atoms with Gasteiger partial charge in [-0.2, -0.15) is 0 Å². The summed E-state index contributed by atoms with van der Waals surface area (Å²) < 4.78 is 9.99. The Balaban J connectivity index is 2.59. The average Bonchev–Trinajstić information content (AvgIpc) is 2.47. The predicted molar refractivity (Wildman–Crippen MR) is 76.6 cm³/mol. The van der Waals surface area contributed by atoms with Gasteiger partial charge in [0.15, 0.2) is 0 Å². The number of carbonyl (C=O) groups excluding carboxylic acids is 2. The number of carbonyl (C=O) groups is 2. The second-order valence-corrected chi connectivity index (χ2v) is 3.91. The van der Waals surface area contributed by atoms with Crippen molar-refractivity contribution in [2.45, 2.75) is 13.8 Å². The van der Waals surface area contributed by atoms with Gasteiger partial charge in [0, 0.05) is 0 Å². The van der Waals surface area contributed by atoms with Crippen molar-refractivity contribution in [1.82, 2.24) is 0 Å². The Hall–Kier alpha value is -2.36. The zero-order valence-electron chi connectivity index (χ0n) is 11.7. The van der Waals surface area contributed by atoms with Crippen LogP contribution < -0.4 is 0 Å². The molecule has 1 aromatic rings. The molecule has 0 aliphatic rings. The summed E-state index contributed by atoms with van der Waals surface area (Å²) in [5, 5.41) is 0. The fourth-order valence-corrected chi connectivity index (χ4v) is 1.35. The van der Waals surface area contributed by atoms with E-state index >= 15 is 0 Å². The molecule has 0 spiro atoms. The molecule has 0 unspecified atom stereocenters. The molecule has 0 radical (unpaired) electrons. The molecule has 0 amide bonds. The molecular formula is C16H18O4. The highest BCUT2D eigenvalue weighted by molar-refractivity contribution is 5.93. The Labute approximate surface area is 118 Å². The van der Waals surface area contributed by atoms with Gasteiger partial charge in [-0.1, -0.05) is 24.3 Å². The summed E-state index contributed by atoms with van der Waals surface area (Å²) in [6.07, 6.45) is 7.09. The average molecular weight is 274 g/mol. The lowest BCUT2D eigenvalue weighted by molar-refractivity contribution is 0.0535. The molecule has 1 rings (SSSR count). The lowest BCUT2D eigenvalue weighted by Gasteiger charge is -2.04. The SMILES string of the molecule is CC=CCOC(=O)c1ccc(C(=O)OCC=CC)cc1. The van der Waals surface area contributed by atoms with Gasteiger partial charge in [-0.25, -0.2) is 9.59 Å². The van der Waals surface area contributed by atoms with Gasteiger partial charge in [-0.05, 0) is 38.1 Å². The lowest BCUT2D eigenvalue weighted by Crippen LogP contribution is -2.08. The Morgan fingerprint density at radius 2 is 1.20 bits per heavy atom. The van der Waals surface area contributed by atoms with Gasteiger partial charge in [-0.3, -0.25) is 0 Å². The fraction of sp³-hybridized carbons (Fsp3) is 0.250. The van der Waals surface area contributed by atoms with Gasteiger partial charge in [0.25, 0.3) is 0 Å². The van der Waals surface area contributed by atoms with E-state index in [0.717, 1.165) is 0 Å². The van der Waals surface area contributed by atoms with Crippen LogP contribution in [0.15, 0.2) is 48.6 Å². The Kier molecular flexibility index (Phi) is 6.82. The summed E-state index contributed by atoms with van der Waals surface area (Å²) in [6.45, 7) is 4.18. The molecule has 20 heavy (non-hydrogen) atoms. The third kappa shape index (κ3) is 5.10. The third-order valence-corrected chi connectivity index (χ3v) is 2.45. The van der Waals surface area contributed by atoms with E-state index in [0.29, 0.717) is 11.1 Å². The number of rotatable bonds is 6. The first-order valence-corrected chi connectivity index (χ1v) is 6.35. The van der Waals surface area contributed by atoms with Crippen LogP contribution in [0.3, 0.4) is 0 Å². The van der Waals surface area contributed by atoms with Crippen LogP contribution in [0.5, 0.6) is 0 Å². The van der Waals surface area contributed by atoms with Crippen LogP contribution in [0.25, 0.3) is 0 Å². The monoisotopic (exact) mass is 274 g/mol. The third-order valence-electron chi connectivity index (χ3n) is 2.45. The van der Waals surface area contributed by atoms with Gasteiger partial charge >= 0.3 is 11.9 Å². The molecule has 4 nitrogen and oxygen atoms in total. The standard InChI is InChI=1S/C16H18O4/c1-3-5-11-19-15(17)13-7-9-14(10-8-13)16(18)20-12-6-4-2/h3-10H,11-12H2,1-2H3. The predicted octanol–water partition coefficient (Wildman–Crippen LogP) is 3.15. The molecule has 0 saturated heterocycles. The molecule has 0 fully saturated rings. The van der Waals surface area contributed by atoms with Crippen molar-refractivity contribution in [3.63, 3.8) is 0 Å². The summed E-state index contributed by atoms with van der Waals surface area (Å²) in [5.74, 6) is -0.839. The van der Waals surface area contributed by atoms with Crippen LogP contribution in [-0.2, 0) is 9.47 Å². The van der Waals surface area contributed by atoms with E-state index in [1.54, 1.807) is 48.6 Å². The number of hydrogen-bond donors (Lipinski definition) is 0. The molecule has 4 heteroatoms. The molecule has 0 bridgehead atoms. The molecule has 0 N–H and O–H groups in total. The Morgan fingerprint density at radius 1 is 0.850 bits per heavy atom. The smallest absolute Gasteiger partial charge is 0.338 e. The zero-order chi connectivity index (χ0) is 14.8. The fourth-order valence-electron chi connectivity index (χ4n) is 1.35. The molecular weight excluding hydrogens is 256 g/mol. The van der Waals surface area contributed by atoms with Crippen molar-refractivity contribution < 1.29 is 19.1 Å². The number of ether oxygens (including phenoxy) is 2. The molecule has 0 aliphatic heterocycles. The van der Waals surface area contributed by atoms with Crippen LogP contribution in [-0.4, -0.2) is 25.2 Å². The topological polar surface area (TPSA) is 52.6 Å². The van der Waals surface area contributed by atoms with Crippen molar-refractivity contribution in [3.8, 4) is 0 Å². The van der Waals surface area contributed by atoms with E-state index in [9.17, 15) is 9.59 Å². The van der Waals surface area contributed by atoms with Gasteiger partial charge in [0.1, 0.15) is 13.2 Å². The maximum Gasteiger partial charge on any atom is 0.338 e. The van der Waals surface area contributed by atoms with Crippen LogP contribution >= 0.6 is 0 Å². The summed E-state index contributed by atoms with van der Waals surface area (Å²) in [4.78, 5) is 23.3. The van der Waals surface area contributed by atoms with Crippen LogP contribution in [0.2, 0.25) is 0 Å². The number of allylic oxidation sites excluding steroid dienone is 2. The van der Waals surface area contributed by atoms with Crippen molar-refractivity contribution in [2.75, 3.05) is 13.2 Å². The first-order valence-electron chi connectivity index (χ1n) is 6.35. The molecule has 0 saturated carbocycles. The molecule has 106 valence electrons. The molecule has 0 aliphatic carbocycles. The molecule has 0 aromatic heterocycles. The number of esters is 2. The first kappa shape index (κ1) is 15.7. The van der Waals surface area contributed by atoms with Gasteiger partial charge < -0.3 is 9.47 Å². The summed E-state index contributed by atoms with van der Waals surface area (Å²) >= 11 is 0. The van der Waals surface area contributed by atoms with Gasteiger partial charge in [0.05, 0.1) is 11.1 Å². The lowest BCUT2D eigenvalue weighted by atomic mass is 10.1. The van der Waals surface area contributed by atoms with E-state index in [4.69, 9.17) is 9.47 Å². The minimum absolute atomic E-state index is 0.239. The van der Waals surface area contributed by atoms with Gasteiger partial charge in [-0.15, -0.1) is 0 Å². The Morgan fingerprint density at radius 3 is 1.50 bits per heavy atom. The second kappa shape index (κ2) is 8.69. The van der Waals surface area contributed by atoms with E-state index in [2.05, 4.69) is 0 Å². The van der Waals surface area contributed by atoms with Crippen LogP contribution in [0, 0.1) is 0 Å². The molecule has 1 aromatic carbocycles. The number of hydrogen-bond acceptors (Lipinski definition) is 4. The highest BCUT2D eigenvalue weighted by Gasteiger charge is 2.09. The van der Waals surface area contributed by atoms with Crippen molar-refractivity contribution in [3.05, 3.63) is 59.7 Å². The maximum absolute atomic E-state index is 11.6. The normalized spacial score (nSPS) is 10.9. The van der Waals surface area contributed by atoms with Crippen molar-refractivity contribution in [1.29, 1.82) is 0 Å². The number of benzene rings is 1. The minimum Gasteiger partial charge on any atom is -0.458 e. The summed E-state index contributed by atoms with van der Waals surface area (Å²) in [6, 6.07) is 6.18. The van der Waals surface area contributed by atoms with Gasteiger partial charge in [0.2, 0.25) is 0 Å². The van der Waals surface area contributed by atoms with Crippen LogP contribution in [0.1, 0.15) is 34.6 Å². The summed E-state index contributed by atoms with van der Waals surface area (Å²) in [5.41, 5.74) is 0.805. The van der Waals surface area contributed by atoms with E-state index in [1.807, 2.05) is 13.8 Å². The highest BCUT2D eigenvalue weighted by Crippen LogP contribution is 2.07. The van der Waals surface area contributed by atoms with Crippen molar-refractivity contribution in [2.24, 2.45) is 0 Å². The highest BCUT2D eigenvalue weighted by atomic mass is 16.5. The van der Waals surface area contributed by atoms with E-state index in [-0.39, 0.29) is 13.2 Å². The quantitative estimate of drug-likeness (QED) is 0.590. The van der Waals surface area contributed by atoms with Crippen molar-refractivity contribution >= 4 is 11.9 Å². The summed E-state index contributed by atoms with van der Waals surface area (Å²) in [7, 11) is 0. The maximum atomic E-state index is 11.6. The van der Waals surface area contributed by atoms with Crippen LogP contribution in [0.4, 0.5) is 0 Å². The molecule has 0 heterocycles. The second-order valence-electron chi connectivity index (χ2n) is 3.91. The zero-order valence-corrected chi connectivity index (χ0v) is 11.7. The minimum atomic E-state index is -0.420. The van der Waals surface area contributed by atoms with E-state index in [1.165, 1.54) is 0 Å². The molecule has 0 atom stereocenters. The largest absolute Gasteiger partial charge is 0.458 e.